The summed E-state index contributed by atoms with van der Waals surface area (Å²) in [4.78, 5) is 0. The average Bonchev–Trinajstić information content (AvgIpc) is 2.95. The van der Waals surface area contributed by atoms with Crippen LogP contribution < -0.4 is 0 Å². The van der Waals surface area contributed by atoms with Gasteiger partial charge in [0.05, 0.1) is 17.3 Å². The smallest absolute Gasteiger partial charge is 0.0986 e. The van der Waals surface area contributed by atoms with Gasteiger partial charge in [0, 0.05) is 5.41 Å². The molecule has 4 aliphatic rings. The monoisotopic (exact) mass is 418 g/mol. The zero-order chi connectivity index (χ0) is 21.9. The molecule has 0 aliphatic heterocycles. The fourth-order valence-electron chi connectivity index (χ4n) is 8.60. The van der Waals surface area contributed by atoms with Crippen molar-refractivity contribution in [2.24, 2.45) is 34.5 Å². The first-order chi connectivity index (χ1) is 13.9. The van der Waals surface area contributed by atoms with Gasteiger partial charge in [-0.2, -0.15) is 0 Å². The minimum atomic E-state index is -1.02. The zero-order valence-corrected chi connectivity index (χ0v) is 20.1. The van der Waals surface area contributed by atoms with E-state index in [1.165, 1.54) is 5.57 Å². The Balaban J connectivity index is 1.58. The number of aliphatic hydroxyl groups is 3. The van der Waals surface area contributed by atoms with Crippen molar-refractivity contribution >= 4 is 0 Å². The van der Waals surface area contributed by atoms with Gasteiger partial charge in [0.2, 0.25) is 0 Å². The Bertz CT molecular complexity index is 682. The number of fused-ring (bicyclic) bond motifs is 5. The summed E-state index contributed by atoms with van der Waals surface area (Å²) in [6.45, 7) is 11.1. The lowest BCUT2D eigenvalue weighted by Gasteiger charge is -2.60. The van der Waals surface area contributed by atoms with Gasteiger partial charge in [-0.3, -0.25) is 0 Å². The molecule has 0 heterocycles. The summed E-state index contributed by atoms with van der Waals surface area (Å²) in [6.07, 6.45) is 13.0. The van der Waals surface area contributed by atoms with Crippen molar-refractivity contribution < 1.29 is 15.3 Å². The van der Waals surface area contributed by atoms with Crippen molar-refractivity contribution in [3.63, 3.8) is 0 Å². The minimum Gasteiger partial charge on any atom is -0.393 e. The van der Waals surface area contributed by atoms with Crippen molar-refractivity contribution in [2.45, 2.75) is 123 Å². The first-order valence-electron chi connectivity index (χ1n) is 12.8. The Labute approximate surface area is 184 Å². The summed E-state index contributed by atoms with van der Waals surface area (Å²) in [6, 6.07) is 0. The van der Waals surface area contributed by atoms with Crippen LogP contribution in [-0.4, -0.2) is 32.6 Å². The van der Waals surface area contributed by atoms with Crippen molar-refractivity contribution in [1.82, 2.24) is 0 Å². The van der Waals surface area contributed by atoms with Gasteiger partial charge >= 0.3 is 0 Å². The third-order valence-electron chi connectivity index (χ3n) is 10.6. The number of hydrogen-bond donors (Lipinski definition) is 3. The van der Waals surface area contributed by atoms with Crippen LogP contribution in [0.15, 0.2) is 11.6 Å². The molecule has 0 saturated heterocycles. The maximum absolute atomic E-state index is 12.1. The highest BCUT2D eigenvalue weighted by molar-refractivity contribution is 5.27. The molecule has 3 nitrogen and oxygen atoms in total. The lowest BCUT2D eigenvalue weighted by molar-refractivity contribution is -0.219. The van der Waals surface area contributed by atoms with Gasteiger partial charge in [-0.1, -0.05) is 52.2 Å². The van der Waals surface area contributed by atoms with Crippen molar-refractivity contribution in [2.75, 3.05) is 0 Å². The molecule has 0 amide bonds. The van der Waals surface area contributed by atoms with Crippen LogP contribution in [0.25, 0.3) is 0 Å². The molecule has 0 aromatic rings. The molecule has 8 atom stereocenters. The van der Waals surface area contributed by atoms with Crippen LogP contribution in [0, 0.1) is 34.5 Å². The highest BCUT2D eigenvalue weighted by Gasteiger charge is 2.68. The number of hydrogen-bond acceptors (Lipinski definition) is 3. The molecular weight excluding hydrogens is 372 g/mol. The summed E-state index contributed by atoms with van der Waals surface area (Å²) in [5.41, 5.74) is -0.484. The summed E-state index contributed by atoms with van der Waals surface area (Å²) in [7, 11) is 0. The molecule has 0 aromatic heterocycles. The highest BCUT2D eigenvalue weighted by Crippen LogP contribution is 2.68. The average molecular weight is 419 g/mol. The van der Waals surface area contributed by atoms with Gasteiger partial charge in [0.1, 0.15) is 0 Å². The fraction of sp³-hybridized carbons (Fsp3) is 0.926. The van der Waals surface area contributed by atoms with Crippen molar-refractivity contribution in [3.05, 3.63) is 11.6 Å². The molecule has 172 valence electrons. The third kappa shape index (κ3) is 3.25. The molecule has 0 radical (unpaired) electrons. The Morgan fingerprint density at radius 1 is 1.10 bits per heavy atom. The SMILES string of the molecule is CC(C)CCC[C@@](C)(O)[C@@]1(O)CC[C@H]2[C@@H]3CC=C4C[C@@H](O)CC[C@]4(C)[C@H]3CC[C@@]21C. The standard InChI is InChI=1S/C27H46O3/c1-18(2)7-6-13-26(5,29)27(30)16-12-23-21-9-8-19-17-20(28)10-14-24(19,3)22(21)11-15-25(23,27)4/h8,18,20-23,28-30H,6-7,9-17H2,1-5H3/t20-,21+,22-,23-,24-,25-,26+,27+/m0/s1. The predicted octanol–water partition coefficient (Wildman–Crippen LogP) is 5.62. The van der Waals surface area contributed by atoms with Crippen molar-refractivity contribution in [3.8, 4) is 0 Å². The van der Waals surface area contributed by atoms with Gasteiger partial charge in [0.15, 0.2) is 0 Å². The van der Waals surface area contributed by atoms with Crippen LogP contribution in [0.5, 0.6) is 0 Å². The topological polar surface area (TPSA) is 60.7 Å². The lowest BCUT2D eigenvalue weighted by Crippen LogP contribution is -2.63. The van der Waals surface area contributed by atoms with E-state index in [4.69, 9.17) is 0 Å². The summed E-state index contributed by atoms with van der Waals surface area (Å²) in [5, 5.41) is 33.8. The van der Waals surface area contributed by atoms with Gasteiger partial charge in [0.25, 0.3) is 0 Å². The fourth-order valence-corrected chi connectivity index (χ4v) is 8.60. The number of allylic oxidation sites excluding steroid dienone is 1. The van der Waals surface area contributed by atoms with Gasteiger partial charge < -0.3 is 15.3 Å². The molecule has 4 rings (SSSR count). The molecule has 0 spiro atoms. The molecular formula is C27H46O3. The summed E-state index contributed by atoms with van der Waals surface area (Å²) < 4.78 is 0. The Morgan fingerprint density at radius 2 is 1.80 bits per heavy atom. The normalized spacial score (nSPS) is 47.8. The van der Waals surface area contributed by atoms with Crippen LogP contribution in [0.1, 0.15) is 105 Å². The van der Waals surface area contributed by atoms with E-state index in [1.54, 1.807) is 0 Å². The summed E-state index contributed by atoms with van der Waals surface area (Å²) in [5.74, 6) is 2.39. The molecule has 3 saturated carbocycles. The Kier molecular flexibility index (Phi) is 5.77. The van der Waals surface area contributed by atoms with Crippen LogP contribution in [0.3, 0.4) is 0 Å². The zero-order valence-electron chi connectivity index (χ0n) is 20.1. The van der Waals surface area contributed by atoms with Crippen molar-refractivity contribution in [1.29, 1.82) is 0 Å². The maximum Gasteiger partial charge on any atom is 0.0986 e. The second-order valence-electron chi connectivity index (χ2n) is 12.6. The lowest BCUT2D eigenvalue weighted by atomic mass is 9.46. The largest absolute Gasteiger partial charge is 0.393 e. The first-order valence-corrected chi connectivity index (χ1v) is 12.8. The highest BCUT2D eigenvalue weighted by atomic mass is 16.4. The van der Waals surface area contributed by atoms with Crippen LogP contribution in [-0.2, 0) is 0 Å². The quantitative estimate of drug-likeness (QED) is 0.508. The second-order valence-corrected chi connectivity index (χ2v) is 12.6. The molecule has 3 N–H and O–H groups in total. The van der Waals surface area contributed by atoms with E-state index in [0.29, 0.717) is 30.1 Å². The molecule has 3 heteroatoms. The maximum atomic E-state index is 12.1. The van der Waals surface area contributed by atoms with Crippen LogP contribution >= 0.6 is 0 Å². The molecule has 0 unspecified atom stereocenters. The van der Waals surface area contributed by atoms with E-state index in [9.17, 15) is 15.3 Å². The Hall–Kier alpha value is -0.380. The van der Waals surface area contributed by atoms with E-state index in [2.05, 4.69) is 33.8 Å². The molecule has 30 heavy (non-hydrogen) atoms. The van der Waals surface area contributed by atoms with Gasteiger partial charge in [-0.15, -0.1) is 0 Å². The Morgan fingerprint density at radius 3 is 2.50 bits per heavy atom. The van der Waals surface area contributed by atoms with E-state index in [-0.39, 0.29) is 16.9 Å². The van der Waals surface area contributed by atoms with E-state index in [0.717, 1.165) is 64.2 Å². The second kappa shape index (κ2) is 7.59. The molecule has 0 bridgehead atoms. The summed E-state index contributed by atoms with van der Waals surface area (Å²) >= 11 is 0. The van der Waals surface area contributed by atoms with E-state index in [1.807, 2.05) is 6.92 Å². The van der Waals surface area contributed by atoms with E-state index < -0.39 is 11.2 Å². The number of aliphatic hydroxyl groups excluding tert-OH is 1. The molecule has 0 aromatic carbocycles. The van der Waals surface area contributed by atoms with Crippen LogP contribution in [0.2, 0.25) is 0 Å². The molecule has 4 aliphatic carbocycles. The predicted molar refractivity (Wildman–Crippen MR) is 122 cm³/mol. The molecule has 3 fully saturated rings. The first kappa shape index (κ1) is 22.8. The van der Waals surface area contributed by atoms with Gasteiger partial charge in [-0.05, 0) is 93.8 Å². The third-order valence-corrected chi connectivity index (χ3v) is 10.6. The number of rotatable bonds is 5. The minimum absolute atomic E-state index is 0.160. The van der Waals surface area contributed by atoms with Crippen LogP contribution in [0.4, 0.5) is 0 Å². The van der Waals surface area contributed by atoms with E-state index >= 15 is 0 Å². The van der Waals surface area contributed by atoms with Gasteiger partial charge in [-0.25, -0.2) is 0 Å².